The fourth-order valence-electron chi connectivity index (χ4n) is 2.67. The number of methoxy groups -OCH3 is 1. The number of hydrogen-bond donors (Lipinski definition) is 0. The highest BCUT2D eigenvalue weighted by atomic mass is 35.5. The standard InChI is InChI=1S/C18H23ClNO.ClH/c1-4-14(5-2)15-8-10-20(11-9-15)13-16-12-17(19)6-7-18(16)21-3;/h6-12,14H,4-5,13H2,1-3H3;1H/q+1;/p-1. The summed E-state index contributed by atoms with van der Waals surface area (Å²) in [7, 11) is 1.69. The number of aromatic nitrogens is 1. The fourth-order valence-corrected chi connectivity index (χ4v) is 2.87. The van der Waals surface area contributed by atoms with Crippen LogP contribution in [0.4, 0.5) is 0 Å². The van der Waals surface area contributed by atoms with E-state index in [-0.39, 0.29) is 12.4 Å². The van der Waals surface area contributed by atoms with Gasteiger partial charge in [0.15, 0.2) is 18.9 Å². The molecule has 0 atom stereocenters. The topological polar surface area (TPSA) is 13.1 Å². The van der Waals surface area contributed by atoms with Gasteiger partial charge in [-0.25, -0.2) is 4.57 Å². The van der Waals surface area contributed by atoms with Gasteiger partial charge in [0.1, 0.15) is 5.75 Å². The van der Waals surface area contributed by atoms with Gasteiger partial charge >= 0.3 is 0 Å². The highest BCUT2D eigenvalue weighted by Gasteiger charge is 2.12. The summed E-state index contributed by atoms with van der Waals surface area (Å²) in [5, 5.41) is 0.736. The Labute approximate surface area is 144 Å². The highest BCUT2D eigenvalue weighted by Crippen LogP contribution is 2.23. The fraction of sp³-hybridized carbons (Fsp3) is 0.389. The van der Waals surface area contributed by atoms with E-state index in [9.17, 15) is 0 Å². The largest absolute Gasteiger partial charge is 1.00 e. The van der Waals surface area contributed by atoms with Crippen molar-refractivity contribution < 1.29 is 21.7 Å². The molecule has 0 bridgehead atoms. The van der Waals surface area contributed by atoms with Gasteiger partial charge in [-0.15, -0.1) is 0 Å². The molecule has 0 fully saturated rings. The Balaban J connectivity index is 0.00000242. The number of benzene rings is 1. The van der Waals surface area contributed by atoms with Crippen LogP contribution in [0.2, 0.25) is 5.02 Å². The molecule has 0 saturated carbocycles. The zero-order valence-electron chi connectivity index (χ0n) is 13.4. The lowest BCUT2D eigenvalue weighted by atomic mass is 9.95. The summed E-state index contributed by atoms with van der Waals surface area (Å²) in [6, 6.07) is 10.2. The van der Waals surface area contributed by atoms with E-state index in [1.165, 1.54) is 18.4 Å². The van der Waals surface area contributed by atoms with Gasteiger partial charge in [0.2, 0.25) is 0 Å². The first-order valence-electron chi connectivity index (χ1n) is 7.49. The molecule has 1 heterocycles. The molecule has 0 spiro atoms. The van der Waals surface area contributed by atoms with Crippen molar-refractivity contribution in [2.75, 3.05) is 7.11 Å². The third kappa shape index (κ3) is 4.62. The Hall–Kier alpha value is -1.25. The minimum atomic E-state index is 0. The van der Waals surface area contributed by atoms with E-state index in [1.54, 1.807) is 7.11 Å². The SMILES string of the molecule is CCC(CC)c1cc[n+](Cc2cc(Cl)ccc2OC)cc1.[Cl-]. The molecule has 2 rings (SSSR count). The maximum atomic E-state index is 6.08. The highest BCUT2D eigenvalue weighted by molar-refractivity contribution is 6.30. The minimum Gasteiger partial charge on any atom is -1.00 e. The molecule has 120 valence electrons. The van der Waals surface area contributed by atoms with Crippen molar-refractivity contribution >= 4 is 11.6 Å². The maximum Gasteiger partial charge on any atom is 0.177 e. The minimum absolute atomic E-state index is 0. The van der Waals surface area contributed by atoms with Gasteiger partial charge in [-0.2, -0.15) is 0 Å². The molecule has 0 aliphatic rings. The van der Waals surface area contributed by atoms with Crippen molar-refractivity contribution in [1.29, 1.82) is 0 Å². The number of hydrogen-bond acceptors (Lipinski definition) is 1. The first kappa shape index (κ1) is 18.8. The number of pyridine rings is 1. The van der Waals surface area contributed by atoms with Gasteiger partial charge in [-0.05, 0) is 42.5 Å². The van der Waals surface area contributed by atoms with Gasteiger partial charge in [-0.3, -0.25) is 0 Å². The summed E-state index contributed by atoms with van der Waals surface area (Å²) in [5.74, 6) is 1.52. The number of ether oxygens (including phenoxy) is 1. The van der Waals surface area contributed by atoms with Crippen LogP contribution in [0.1, 0.15) is 43.7 Å². The summed E-state index contributed by atoms with van der Waals surface area (Å²) in [5.41, 5.74) is 2.50. The zero-order chi connectivity index (χ0) is 15.2. The average molecular weight is 340 g/mol. The predicted molar refractivity (Wildman–Crippen MR) is 87.1 cm³/mol. The van der Waals surface area contributed by atoms with Gasteiger partial charge < -0.3 is 17.1 Å². The summed E-state index contributed by atoms with van der Waals surface area (Å²) in [6.45, 7) is 5.24. The molecule has 2 nitrogen and oxygen atoms in total. The lowest BCUT2D eigenvalue weighted by Crippen LogP contribution is -3.00. The molecular weight excluding hydrogens is 317 g/mol. The summed E-state index contributed by atoms with van der Waals surface area (Å²) in [6.07, 6.45) is 6.63. The van der Waals surface area contributed by atoms with Crippen LogP contribution in [0.5, 0.6) is 5.75 Å². The summed E-state index contributed by atoms with van der Waals surface area (Å²) in [4.78, 5) is 0. The molecule has 0 aliphatic carbocycles. The maximum absolute atomic E-state index is 6.08. The Morgan fingerprint density at radius 1 is 1.09 bits per heavy atom. The van der Waals surface area contributed by atoms with E-state index in [0.717, 1.165) is 22.9 Å². The predicted octanol–water partition coefficient (Wildman–Crippen LogP) is 1.59. The summed E-state index contributed by atoms with van der Waals surface area (Å²) >= 11 is 6.08. The lowest BCUT2D eigenvalue weighted by Gasteiger charge is -2.11. The van der Waals surface area contributed by atoms with Gasteiger partial charge in [0.05, 0.1) is 12.7 Å². The zero-order valence-corrected chi connectivity index (χ0v) is 14.9. The van der Waals surface area contributed by atoms with Crippen LogP contribution in [0.25, 0.3) is 0 Å². The smallest absolute Gasteiger partial charge is 0.177 e. The molecule has 0 aliphatic heterocycles. The number of rotatable bonds is 6. The quantitative estimate of drug-likeness (QED) is 0.728. The van der Waals surface area contributed by atoms with Crippen molar-refractivity contribution in [3.05, 3.63) is 58.9 Å². The third-order valence-corrected chi connectivity index (χ3v) is 4.20. The van der Waals surface area contributed by atoms with Crippen LogP contribution in [-0.4, -0.2) is 7.11 Å². The van der Waals surface area contributed by atoms with Crippen molar-refractivity contribution in [2.24, 2.45) is 0 Å². The molecule has 0 N–H and O–H groups in total. The van der Waals surface area contributed by atoms with Crippen LogP contribution in [0, 0.1) is 0 Å². The third-order valence-electron chi connectivity index (χ3n) is 3.97. The van der Waals surface area contributed by atoms with E-state index in [2.05, 4.69) is 42.9 Å². The Kier molecular flexibility index (Phi) is 7.70. The monoisotopic (exact) mass is 339 g/mol. The normalized spacial score (nSPS) is 10.4. The van der Waals surface area contributed by atoms with E-state index >= 15 is 0 Å². The molecule has 2 aromatic rings. The van der Waals surface area contributed by atoms with Crippen LogP contribution >= 0.6 is 11.6 Å². The lowest BCUT2D eigenvalue weighted by molar-refractivity contribution is -0.688. The Morgan fingerprint density at radius 3 is 2.27 bits per heavy atom. The van der Waals surface area contributed by atoms with Crippen molar-refractivity contribution in [3.8, 4) is 5.75 Å². The molecule has 0 unspecified atom stereocenters. The second-order valence-corrected chi connectivity index (χ2v) is 5.71. The Morgan fingerprint density at radius 2 is 1.73 bits per heavy atom. The first-order chi connectivity index (χ1) is 10.2. The van der Waals surface area contributed by atoms with Crippen LogP contribution in [0.15, 0.2) is 42.7 Å². The molecular formula is C18H23Cl2NO. The molecule has 1 aromatic heterocycles. The second kappa shape index (κ2) is 9.02. The van der Waals surface area contributed by atoms with Crippen LogP contribution < -0.4 is 21.7 Å². The molecule has 1 aromatic carbocycles. The van der Waals surface area contributed by atoms with Crippen molar-refractivity contribution in [1.82, 2.24) is 0 Å². The summed E-state index contributed by atoms with van der Waals surface area (Å²) < 4.78 is 7.55. The molecule has 0 radical (unpaired) electrons. The second-order valence-electron chi connectivity index (χ2n) is 5.27. The molecule has 0 amide bonds. The van der Waals surface area contributed by atoms with Gasteiger partial charge in [-0.1, -0.05) is 25.4 Å². The molecule has 22 heavy (non-hydrogen) atoms. The van der Waals surface area contributed by atoms with Crippen molar-refractivity contribution in [2.45, 2.75) is 39.2 Å². The van der Waals surface area contributed by atoms with Crippen molar-refractivity contribution in [3.63, 3.8) is 0 Å². The van der Waals surface area contributed by atoms with E-state index < -0.39 is 0 Å². The molecule has 0 saturated heterocycles. The van der Waals surface area contributed by atoms with Crippen LogP contribution in [0.3, 0.4) is 0 Å². The first-order valence-corrected chi connectivity index (χ1v) is 7.87. The Bertz CT molecular complexity index is 580. The average Bonchev–Trinajstić information content (AvgIpc) is 2.50. The van der Waals surface area contributed by atoms with E-state index in [0.29, 0.717) is 5.92 Å². The van der Waals surface area contributed by atoms with Crippen LogP contribution in [-0.2, 0) is 6.54 Å². The number of halogens is 2. The van der Waals surface area contributed by atoms with E-state index in [4.69, 9.17) is 16.3 Å². The van der Waals surface area contributed by atoms with E-state index in [1.807, 2.05) is 18.2 Å². The van der Waals surface area contributed by atoms with Gasteiger partial charge in [0, 0.05) is 17.2 Å². The number of nitrogens with zero attached hydrogens (tertiary/aromatic N) is 1. The van der Waals surface area contributed by atoms with Gasteiger partial charge in [0.25, 0.3) is 0 Å². The molecule has 4 heteroatoms.